The molecule has 1 aromatic heterocycles. The highest BCUT2D eigenvalue weighted by Gasteiger charge is 2.19. The van der Waals surface area contributed by atoms with Gasteiger partial charge in [0.25, 0.3) is 0 Å². The van der Waals surface area contributed by atoms with Crippen LogP contribution < -0.4 is 5.73 Å². The number of nitrogens with two attached hydrogens (primary N) is 1. The number of benzene rings is 1. The lowest BCUT2D eigenvalue weighted by Crippen LogP contribution is -1.97. The van der Waals surface area contributed by atoms with E-state index in [1.54, 1.807) is 6.07 Å². The molecule has 2 rings (SSSR count). The third-order valence-electron chi connectivity index (χ3n) is 2.59. The Hall–Kier alpha value is -1.55. The third kappa shape index (κ3) is 2.48. The molecule has 0 fully saturated rings. The quantitative estimate of drug-likeness (QED) is 0.918. The van der Waals surface area contributed by atoms with E-state index in [2.05, 4.69) is 19.0 Å². The van der Waals surface area contributed by atoms with Crippen LogP contribution in [0.15, 0.2) is 22.7 Å². The minimum Gasteiger partial charge on any atom is -0.367 e. The van der Waals surface area contributed by atoms with E-state index in [1.807, 2.05) is 0 Å². The Labute approximate surface area is 110 Å². The SMILES string of the molecule is CC(C)Cc1noc(N)c1-c1ccc(F)cc1Cl. The molecule has 0 amide bonds. The molecule has 0 atom stereocenters. The van der Waals surface area contributed by atoms with Crippen molar-refractivity contribution in [2.24, 2.45) is 5.92 Å². The number of aromatic nitrogens is 1. The molecule has 3 nitrogen and oxygen atoms in total. The van der Waals surface area contributed by atoms with Crippen LogP contribution in [0, 0.1) is 11.7 Å². The van der Waals surface area contributed by atoms with Crippen molar-refractivity contribution >= 4 is 17.5 Å². The summed E-state index contributed by atoms with van der Waals surface area (Å²) < 4.78 is 18.1. The van der Waals surface area contributed by atoms with Gasteiger partial charge in [-0.15, -0.1) is 0 Å². The second kappa shape index (κ2) is 4.98. The standard InChI is InChI=1S/C13H14ClFN2O/c1-7(2)5-11-12(13(16)18-17-11)9-4-3-8(15)6-10(9)14/h3-4,6-7H,5,16H2,1-2H3. The first kappa shape index (κ1) is 12.9. The summed E-state index contributed by atoms with van der Waals surface area (Å²) in [6.07, 6.45) is 0.726. The Morgan fingerprint density at radius 2 is 2.17 bits per heavy atom. The van der Waals surface area contributed by atoms with Crippen LogP contribution in [0.3, 0.4) is 0 Å². The number of rotatable bonds is 3. The summed E-state index contributed by atoms with van der Waals surface area (Å²) in [5, 5.41) is 4.24. The van der Waals surface area contributed by atoms with Crippen LogP contribution in [0.1, 0.15) is 19.5 Å². The Kier molecular flexibility index (Phi) is 3.57. The number of halogens is 2. The molecule has 1 heterocycles. The molecule has 0 saturated carbocycles. The van der Waals surface area contributed by atoms with Gasteiger partial charge in [-0.3, -0.25) is 0 Å². The van der Waals surface area contributed by atoms with Gasteiger partial charge in [-0.2, -0.15) is 0 Å². The Morgan fingerprint density at radius 1 is 1.44 bits per heavy atom. The number of anilines is 1. The van der Waals surface area contributed by atoms with E-state index in [-0.39, 0.29) is 11.7 Å². The zero-order valence-electron chi connectivity index (χ0n) is 10.2. The molecule has 0 bridgehead atoms. The molecule has 1 aromatic carbocycles. The fourth-order valence-electron chi connectivity index (χ4n) is 1.84. The zero-order valence-corrected chi connectivity index (χ0v) is 11.0. The summed E-state index contributed by atoms with van der Waals surface area (Å²) in [7, 11) is 0. The average Bonchev–Trinajstić information content (AvgIpc) is 2.60. The van der Waals surface area contributed by atoms with E-state index in [9.17, 15) is 4.39 Å². The fraction of sp³-hybridized carbons (Fsp3) is 0.308. The Morgan fingerprint density at radius 3 is 2.78 bits per heavy atom. The molecule has 96 valence electrons. The smallest absolute Gasteiger partial charge is 0.230 e. The van der Waals surface area contributed by atoms with Crippen LogP contribution in [0.2, 0.25) is 5.02 Å². The van der Waals surface area contributed by atoms with Gasteiger partial charge in [-0.25, -0.2) is 4.39 Å². The first-order valence-electron chi connectivity index (χ1n) is 5.68. The van der Waals surface area contributed by atoms with Crippen LogP contribution in [-0.2, 0) is 6.42 Å². The van der Waals surface area contributed by atoms with Gasteiger partial charge in [0.2, 0.25) is 5.88 Å². The summed E-state index contributed by atoms with van der Waals surface area (Å²) in [5.41, 5.74) is 7.83. The highest BCUT2D eigenvalue weighted by molar-refractivity contribution is 6.33. The van der Waals surface area contributed by atoms with E-state index in [0.717, 1.165) is 12.1 Å². The molecule has 0 aliphatic rings. The normalized spacial score (nSPS) is 11.2. The van der Waals surface area contributed by atoms with Gasteiger partial charge >= 0.3 is 0 Å². The van der Waals surface area contributed by atoms with Gasteiger partial charge in [0.05, 0.1) is 16.3 Å². The summed E-state index contributed by atoms with van der Waals surface area (Å²) in [6, 6.07) is 4.18. The fourth-order valence-corrected chi connectivity index (χ4v) is 2.11. The van der Waals surface area contributed by atoms with Crippen molar-refractivity contribution in [1.29, 1.82) is 0 Å². The molecule has 0 aliphatic carbocycles. The van der Waals surface area contributed by atoms with E-state index >= 15 is 0 Å². The second-order valence-corrected chi connectivity index (χ2v) is 5.00. The van der Waals surface area contributed by atoms with Gasteiger partial charge < -0.3 is 10.3 Å². The van der Waals surface area contributed by atoms with Crippen molar-refractivity contribution in [3.8, 4) is 11.1 Å². The van der Waals surface area contributed by atoms with Crippen molar-refractivity contribution in [2.45, 2.75) is 20.3 Å². The summed E-state index contributed by atoms with van der Waals surface area (Å²) in [6.45, 7) is 4.14. The van der Waals surface area contributed by atoms with Crippen LogP contribution in [0.5, 0.6) is 0 Å². The first-order valence-corrected chi connectivity index (χ1v) is 6.06. The lowest BCUT2D eigenvalue weighted by molar-refractivity contribution is 0.422. The lowest BCUT2D eigenvalue weighted by Gasteiger charge is -2.06. The molecular formula is C13H14ClFN2O. The summed E-state index contributed by atoms with van der Waals surface area (Å²) in [5.74, 6) is 0.232. The summed E-state index contributed by atoms with van der Waals surface area (Å²) >= 11 is 6.04. The minimum atomic E-state index is -0.385. The molecule has 0 aliphatic heterocycles. The first-order chi connectivity index (χ1) is 8.49. The van der Waals surface area contributed by atoms with E-state index < -0.39 is 0 Å². The van der Waals surface area contributed by atoms with Crippen molar-refractivity contribution in [1.82, 2.24) is 5.16 Å². The highest BCUT2D eigenvalue weighted by atomic mass is 35.5. The van der Waals surface area contributed by atoms with Crippen LogP contribution in [-0.4, -0.2) is 5.16 Å². The topological polar surface area (TPSA) is 52.0 Å². The largest absolute Gasteiger partial charge is 0.367 e. The average molecular weight is 269 g/mol. The van der Waals surface area contributed by atoms with Crippen LogP contribution in [0.25, 0.3) is 11.1 Å². The van der Waals surface area contributed by atoms with Gasteiger partial charge in [0.1, 0.15) is 5.82 Å². The molecule has 2 N–H and O–H groups in total. The van der Waals surface area contributed by atoms with Crippen molar-refractivity contribution in [3.63, 3.8) is 0 Å². The van der Waals surface area contributed by atoms with Crippen molar-refractivity contribution in [2.75, 3.05) is 5.73 Å². The monoisotopic (exact) mass is 268 g/mol. The van der Waals surface area contributed by atoms with Crippen LogP contribution in [0.4, 0.5) is 10.3 Å². The number of nitrogens with zero attached hydrogens (tertiary/aromatic N) is 1. The summed E-state index contributed by atoms with van der Waals surface area (Å²) in [4.78, 5) is 0. The second-order valence-electron chi connectivity index (χ2n) is 4.59. The maximum Gasteiger partial charge on any atom is 0.230 e. The zero-order chi connectivity index (χ0) is 13.3. The van der Waals surface area contributed by atoms with E-state index in [1.165, 1.54) is 12.1 Å². The number of hydrogen-bond acceptors (Lipinski definition) is 3. The van der Waals surface area contributed by atoms with Crippen molar-refractivity contribution in [3.05, 3.63) is 34.7 Å². The molecule has 0 spiro atoms. The molecule has 0 unspecified atom stereocenters. The van der Waals surface area contributed by atoms with Gasteiger partial charge in [-0.05, 0) is 30.5 Å². The maximum absolute atomic E-state index is 13.0. The lowest BCUT2D eigenvalue weighted by atomic mass is 9.99. The van der Waals surface area contributed by atoms with E-state index in [4.69, 9.17) is 21.9 Å². The van der Waals surface area contributed by atoms with Gasteiger partial charge in [0, 0.05) is 5.56 Å². The Bertz CT molecular complexity index is 566. The maximum atomic E-state index is 13.0. The van der Waals surface area contributed by atoms with E-state index in [0.29, 0.717) is 22.1 Å². The molecule has 5 heteroatoms. The minimum absolute atomic E-state index is 0.208. The van der Waals surface area contributed by atoms with Crippen molar-refractivity contribution < 1.29 is 8.91 Å². The molecule has 0 saturated heterocycles. The molecular weight excluding hydrogens is 255 g/mol. The molecule has 2 aromatic rings. The third-order valence-corrected chi connectivity index (χ3v) is 2.90. The van der Waals surface area contributed by atoms with Gasteiger partial charge in [-0.1, -0.05) is 30.6 Å². The van der Waals surface area contributed by atoms with Gasteiger partial charge in [0.15, 0.2) is 0 Å². The predicted molar refractivity (Wildman–Crippen MR) is 69.9 cm³/mol. The molecule has 0 radical (unpaired) electrons. The molecule has 18 heavy (non-hydrogen) atoms. The predicted octanol–water partition coefficient (Wildman–Crippen LogP) is 3.91. The number of hydrogen-bond donors (Lipinski definition) is 1. The van der Waals surface area contributed by atoms with Crippen LogP contribution >= 0.6 is 11.6 Å². The Balaban J connectivity index is 2.52. The highest BCUT2D eigenvalue weighted by Crippen LogP contribution is 2.36. The number of nitrogen functional groups attached to an aromatic ring is 1.